The van der Waals surface area contributed by atoms with Crippen molar-refractivity contribution < 1.29 is 4.52 Å². The van der Waals surface area contributed by atoms with Gasteiger partial charge in [0.25, 0.3) is 0 Å². The van der Waals surface area contributed by atoms with Crippen LogP contribution in [0.15, 0.2) is 4.52 Å². The second-order valence-electron chi connectivity index (χ2n) is 4.87. The molecule has 5 heteroatoms. The fourth-order valence-corrected chi connectivity index (χ4v) is 2.27. The van der Waals surface area contributed by atoms with E-state index in [4.69, 9.17) is 4.52 Å². The highest BCUT2D eigenvalue weighted by Crippen LogP contribution is 2.09. The first-order valence-corrected chi connectivity index (χ1v) is 6.45. The highest BCUT2D eigenvalue weighted by Gasteiger charge is 2.14. The van der Waals surface area contributed by atoms with Gasteiger partial charge in [0.2, 0.25) is 5.89 Å². The van der Waals surface area contributed by atoms with E-state index in [-0.39, 0.29) is 0 Å². The fourth-order valence-electron chi connectivity index (χ4n) is 2.27. The van der Waals surface area contributed by atoms with Gasteiger partial charge in [0.05, 0.1) is 0 Å². The molecular formula is C12H22N4O. The van der Waals surface area contributed by atoms with Crippen LogP contribution in [0.2, 0.25) is 0 Å². The standard InChI is InChI=1S/C12H22N4O/c1-10-14-12(17-15-10)5-7-13-11-4-3-8-16(2)9-6-11/h11,13H,3-9H2,1-2H3. The Morgan fingerprint density at radius 3 is 3.06 bits per heavy atom. The molecule has 1 aromatic rings. The maximum Gasteiger partial charge on any atom is 0.227 e. The molecule has 1 aromatic heterocycles. The highest BCUT2D eigenvalue weighted by atomic mass is 16.5. The summed E-state index contributed by atoms with van der Waals surface area (Å²) in [6.07, 6.45) is 4.62. The zero-order valence-corrected chi connectivity index (χ0v) is 10.8. The molecule has 0 aromatic carbocycles. The molecule has 1 aliphatic rings. The van der Waals surface area contributed by atoms with Gasteiger partial charge in [0, 0.05) is 19.0 Å². The first-order chi connectivity index (χ1) is 8.24. The Balaban J connectivity index is 1.67. The quantitative estimate of drug-likeness (QED) is 0.848. The minimum Gasteiger partial charge on any atom is -0.339 e. The number of aromatic nitrogens is 2. The van der Waals surface area contributed by atoms with E-state index in [0.717, 1.165) is 24.7 Å². The first-order valence-electron chi connectivity index (χ1n) is 6.45. The Labute approximate surface area is 103 Å². The summed E-state index contributed by atoms with van der Waals surface area (Å²) < 4.78 is 5.09. The van der Waals surface area contributed by atoms with Crippen LogP contribution in [0.1, 0.15) is 31.0 Å². The second kappa shape index (κ2) is 6.12. The van der Waals surface area contributed by atoms with Crippen LogP contribution in [0, 0.1) is 6.92 Å². The Bertz CT molecular complexity index is 339. The molecule has 2 heterocycles. The van der Waals surface area contributed by atoms with E-state index in [1.807, 2.05) is 6.92 Å². The third kappa shape index (κ3) is 4.09. The van der Waals surface area contributed by atoms with Crippen LogP contribution in [0.3, 0.4) is 0 Å². The smallest absolute Gasteiger partial charge is 0.227 e. The molecule has 0 aliphatic carbocycles. The summed E-state index contributed by atoms with van der Waals surface area (Å²) >= 11 is 0. The number of nitrogens with one attached hydrogen (secondary N) is 1. The predicted octanol–water partition coefficient (Wildman–Crippen LogP) is 0.994. The third-order valence-electron chi connectivity index (χ3n) is 3.29. The van der Waals surface area contributed by atoms with Crippen LogP contribution < -0.4 is 5.32 Å². The van der Waals surface area contributed by atoms with E-state index in [0.29, 0.717) is 6.04 Å². The largest absolute Gasteiger partial charge is 0.339 e. The average molecular weight is 238 g/mol. The summed E-state index contributed by atoms with van der Waals surface area (Å²) in [5, 5.41) is 7.37. The zero-order valence-electron chi connectivity index (χ0n) is 10.8. The Hall–Kier alpha value is -0.940. The maximum absolute atomic E-state index is 5.09. The minimum atomic E-state index is 0.643. The Morgan fingerprint density at radius 2 is 2.29 bits per heavy atom. The average Bonchev–Trinajstić information content (AvgIpc) is 2.59. The molecule has 5 nitrogen and oxygen atoms in total. The molecule has 1 atom stereocenters. The van der Waals surface area contributed by atoms with E-state index in [1.54, 1.807) is 0 Å². The molecule has 1 aliphatic heterocycles. The van der Waals surface area contributed by atoms with Gasteiger partial charge in [-0.1, -0.05) is 5.16 Å². The predicted molar refractivity (Wildman–Crippen MR) is 65.9 cm³/mol. The lowest BCUT2D eigenvalue weighted by molar-refractivity contribution is 0.341. The van der Waals surface area contributed by atoms with Crippen molar-refractivity contribution in [2.24, 2.45) is 0 Å². The van der Waals surface area contributed by atoms with Gasteiger partial charge < -0.3 is 14.7 Å². The summed E-state index contributed by atoms with van der Waals surface area (Å²) in [5.41, 5.74) is 0. The highest BCUT2D eigenvalue weighted by molar-refractivity contribution is 4.84. The molecule has 1 unspecified atom stereocenters. The van der Waals surface area contributed by atoms with E-state index < -0.39 is 0 Å². The van der Waals surface area contributed by atoms with Crippen molar-refractivity contribution in [3.8, 4) is 0 Å². The lowest BCUT2D eigenvalue weighted by atomic mass is 10.1. The SMILES string of the molecule is Cc1noc(CCNC2CCCN(C)CC2)n1. The van der Waals surface area contributed by atoms with E-state index in [2.05, 4.69) is 27.4 Å². The summed E-state index contributed by atoms with van der Waals surface area (Å²) in [5.74, 6) is 1.46. The maximum atomic E-state index is 5.09. The third-order valence-corrected chi connectivity index (χ3v) is 3.29. The number of hydrogen-bond acceptors (Lipinski definition) is 5. The summed E-state index contributed by atoms with van der Waals surface area (Å²) in [7, 11) is 2.20. The molecule has 2 rings (SSSR count). The molecule has 0 spiro atoms. The van der Waals surface area contributed by atoms with Crippen LogP contribution in [0.5, 0.6) is 0 Å². The Morgan fingerprint density at radius 1 is 1.41 bits per heavy atom. The van der Waals surface area contributed by atoms with Crippen LogP contribution >= 0.6 is 0 Å². The lowest BCUT2D eigenvalue weighted by Gasteiger charge is -2.16. The van der Waals surface area contributed by atoms with Crippen molar-refractivity contribution >= 4 is 0 Å². The first kappa shape index (κ1) is 12.5. The summed E-state index contributed by atoms with van der Waals surface area (Å²) in [6.45, 7) is 5.19. The number of rotatable bonds is 4. The van der Waals surface area contributed by atoms with Gasteiger partial charge in [0.15, 0.2) is 5.82 Å². The van der Waals surface area contributed by atoms with Crippen LogP contribution in [-0.4, -0.2) is 47.8 Å². The normalized spacial score (nSPS) is 22.6. The lowest BCUT2D eigenvalue weighted by Crippen LogP contribution is -2.31. The number of hydrogen-bond donors (Lipinski definition) is 1. The molecule has 17 heavy (non-hydrogen) atoms. The van der Waals surface area contributed by atoms with Gasteiger partial charge in [-0.2, -0.15) is 4.98 Å². The zero-order chi connectivity index (χ0) is 12.1. The van der Waals surface area contributed by atoms with Crippen LogP contribution in [0.25, 0.3) is 0 Å². The molecule has 0 radical (unpaired) electrons. The van der Waals surface area contributed by atoms with E-state index in [1.165, 1.54) is 32.4 Å². The van der Waals surface area contributed by atoms with Crippen molar-refractivity contribution in [2.75, 3.05) is 26.7 Å². The molecular weight excluding hydrogens is 216 g/mol. The van der Waals surface area contributed by atoms with Crippen LogP contribution in [-0.2, 0) is 6.42 Å². The second-order valence-corrected chi connectivity index (χ2v) is 4.87. The van der Waals surface area contributed by atoms with E-state index >= 15 is 0 Å². The fraction of sp³-hybridized carbons (Fsp3) is 0.833. The van der Waals surface area contributed by atoms with Crippen LogP contribution in [0.4, 0.5) is 0 Å². The van der Waals surface area contributed by atoms with Crippen molar-refractivity contribution in [3.05, 3.63) is 11.7 Å². The van der Waals surface area contributed by atoms with Crippen molar-refractivity contribution in [3.63, 3.8) is 0 Å². The van der Waals surface area contributed by atoms with Gasteiger partial charge in [-0.15, -0.1) is 0 Å². The summed E-state index contributed by atoms with van der Waals surface area (Å²) in [6, 6.07) is 0.643. The molecule has 1 N–H and O–H groups in total. The molecule has 0 bridgehead atoms. The van der Waals surface area contributed by atoms with Gasteiger partial charge in [-0.25, -0.2) is 0 Å². The van der Waals surface area contributed by atoms with Crippen molar-refractivity contribution in [1.82, 2.24) is 20.4 Å². The molecule has 1 fully saturated rings. The van der Waals surface area contributed by atoms with Gasteiger partial charge >= 0.3 is 0 Å². The summed E-state index contributed by atoms with van der Waals surface area (Å²) in [4.78, 5) is 6.60. The number of nitrogens with zero attached hydrogens (tertiary/aromatic N) is 3. The minimum absolute atomic E-state index is 0.643. The molecule has 96 valence electrons. The molecule has 0 saturated carbocycles. The van der Waals surface area contributed by atoms with Gasteiger partial charge in [-0.3, -0.25) is 0 Å². The van der Waals surface area contributed by atoms with Crippen molar-refractivity contribution in [1.29, 1.82) is 0 Å². The van der Waals surface area contributed by atoms with Crippen molar-refractivity contribution in [2.45, 2.75) is 38.6 Å². The Kier molecular flexibility index (Phi) is 4.50. The topological polar surface area (TPSA) is 54.2 Å². The number of aryl methyl sites for hydroxylation is 1. The number of likely N-dealkylation sites (tertiary alicyclic amines) is 1. The monoisotopic (exact) mass is 238 g/mol. The molecule has 0 amide bonds. The van der Waals surface area contributed by atoms with Gasteiger partial charge in [0.1, 0.15) is 0 Å². The van der Waals surface area contributed by atoms with E-state index in [9.17, 15) is 0 Å². The molecule has 1 saturated heterocycles. The van der Waals surface area contributed by atoms with Gasteiger partial charge in [-0.05, 0) is 46.3 Å².